The van der Waals surface area contributed by atoms with Crippen molar-refractivity contribution in [2.75, 3.05) is 26.3 Å². The Balaban J connectivity index is 1.42. The fourth-order valence-electron chi connectivity index (χ4n) is 4.52. The van der Waals surface area contributed by atoms with Crippen LogP contribution in [0.4, 0.5) is 0 Å². The van der Waals surface area contributed by atoms with Gasteiger partial charge in [0.2, 0.25) is 0 Å². The lowest BCUT2D eigenvalue weighted by Gasteiger charge is -2.33. The van der Waals surface area contributed by atoms with Gasteiger partial charge in [-0.3, -0.25) is 15.3 Å². The highest BCUT2D eigenvalue weighted by Crippen LogP contribution is 2.54. The van der Waals surface area contributed by atoms with Gasteiger partial charge in [0, 0.05) is 36.0 Å². The second-order valence-corrected chi connectivity index (χ2v) is 9.61. The van der Waals surface area contributed by atoms with Crippen molar-refractivity contribution in [1.82, 2.24) is 19.9 Å². The predicted octanol–water partition coefficient (Wildman–Crippen LogP) is 4.38. The Kier molecular flexibility index (Phi) is 6.08. The molecule has 7 heteroatoms. The number of H-pyrrole nitrogens is 1. The molecule has 1 aliphatic carbocycles. The van der Waals surface area contributed by atoms with Crippen LogP contribution in [0.1, 0.15) is 50.3 Å². The maximum Gasteiger partial charge on any atom is 0.0979 e. The van der Waals surface area contributed by atoms with Crippen LogP contribution in [0.3, 0.4) is 0 Å². The number of likely N-dealkylation sites (tertiary alicyclic amines) is 1. The first-order chi connectivity index (χ1) is 14.1. The highest BCUT2D eigenvalue weighted by Gasteiger charge is 2.54. The molecule has 2 aromatic heterocycles. The molecule has 156 valence electrons. The number of nitrogens with zero attached hydrogens (tertiary/aromatic N) is 3. The number of hydrogen-bond donors (Lipinski definition) is 2. The standard InChI is InChI=1S/C22H31N5OS/c1-3-28-15-21(7-6-19(23)29-20-13-24-16-26-20)10-11-27(14-21)22(8-9-22)18-5-4-17(2)25-12-18/h4-5,12-13,16,23H,3,6-11,14-15H2,1-2H3,(H,24,26)/t21-/m1/s1. The molecule has 1 aliphatic heterocycles. The van der Waals surface area contributed by atoms with Gasteiger partial charge in [0.15, 0.2) is 0 Å². The van der Waals surface area contributed by atoms with Crippen LogP contribution < -0.4 is 0 Å². The number of pyridine rings is 1. The van der Waals surface area contributed by atoms with Crippen LogP contribution in [-0.2, 0) is 10.3 Å². The lowest BCUT2D eigenvalue weighted by Crippen LogP contribution is -2.37. The molecule has 0 radical (unpaired) electrons. The number of hydrogen-bond acceptors (Lipinski definition) is 6. The SMILES string of the molecule is CCOC[C@]1(CCC(=N)Sc2cnc[nH]2)CCN(C2(c3ccc(C)nc3)CC2)C1. The largest absolute Gasteiger partial charge is 0.381 e. The third-order valence-corrected chi connectivity index (χ3v) is 7.31. The third-order valence-electron chi connectivity index (χ3n) is 6.42. The molecule has 6 nitrogen and oxygen atoms in total. The van der Waals surface area contributed by atoms with E-state index in [4.69, 9.17) is 10.1 Å². The van der Waals surface area contributed by atoms with Gasteiger partial charge in [0.25, 0.3) is 0 Å². The summed E-state index contributed by atoms with van der Waals surface area (Å²) in [5.41, 5.74) is 2.74. The number of aromatic nitrogens is 3. The smallest absolute Gasteiger partial charge is 0.0979 e. The molecule has 29 heavy (non-hydrogen) atoms. The third kappa shape index (κ3) is 4.57. The van der Waals surface area contributed by atoms with E-state index in [0.29, 0.717) is 5.04 Å². The monoisotopic (exact) mass is 413 g/mol. The van der Waals surface area contributed by atoms with Crippen LogP contribution in [0.15, 0.2) is 35.9 Å². The zero-order chi connectivity index (χ0) is 20.3. The van der Waals surface area contributed by atoms with Crippen LogP contribution in [0, 0.1) is 17.7 Å². The maximum absolute atomic E-state index is 8.39. The minimum atomic E-state index is 0.130. The van der Waals surface area contributed by atoms with Crippen LogP contribution >= 0.6 is 11.8 Å². The Morgan fingerprint density at radius 1 is 1.31 bits per heavy atom. The Labute approximate surface area is 177 Å². The number of thioether (sulfide) groups is 1. The van der Waals surface area contributed by atoms with E-state index in [1.165, 1.54) is 30.2 Å². The average molecular weight is 414 g/mol. The molecule has 1 saturated carbocycles. The van der Waals surface area contributed by atoms with Gasteiger partial charge < -0.3 is 9.72 Å². The van der Waals surface area contributed by atoms with Crippen molar-refractivity contribution in [3.63, 3.8) is 0 Å². The molecule has 2 N–H and O–H groups in total. The van der Waals surface area contributed by atoms with Gasteiger partial charge in [0.1, 0.15) is 0 Å². The van der Waals surface area contributed by atoms with Crippen LogP contribution in [0.2, 0.25) is 0 Å². The van der Waals surface area contributed by atoms with E-state index in [9.17, 15) is 0 Å². The second kappa shape index (κ2) is 8.58. The number of rotatable bonds is 9. The zero-order valence-electron chi connectivity index (χ0n) is 17.4. The van der Waals surface area contributed by atoms with E-state index in [1.54, 1.807) is 12.5 Å². The van der Waals surface area contributed by atoms with E-state index in [-0.39, 0.29) is 11.0 Å². The topological polar surface area (TPSA) is 77.9 Å². The van der Waals surface area contributed by atoms with Crippen molar-refractivity contribution >= 4 is 16.8 Å². The fourth-order valence-corrected chi connectivity index (χ4v) is 5.22. The summed E-state index contributed by atoms with van der Waals surface area (Å²) in [7, 11) is 0. The summed E-state index contributed by atoms with van der Waals surface area (Å²) in [6, 6.07) is 4.39. The highest BCUT2D eigenvalue weighted by molar-refractivity contribution is 8.13. The molecule has 1 saturated heterocycles. The minimum absolute atomic E-state index is 0.130. The molecule has 0 unspecified atom stereocenters. The van der Waals surface area contributed by atoms with Gasteiger partial charge in [-0.1, -0.05) is 17.8 Å². The number of nitrogens with one attached hydrogen (secondary N) is 2. The van der Waals surface area contributed by atoms with E-state index >= 15 is 0 Å². The van der Waals surface area contributed by atoms with E-state index < -0.39 is 0 Å². The lowest BCUT2D eigenvalue weighted by atomic mass is 9.83. The van der Waals surface area contributed by atoms with E-state index in [1.807, 2.05) is 6.92 Å². The predicted molar refractivity (Wildman–Crippen MR) is 116 cm³/mol. The molecule has 1 atom stereocenters. The molecule has 0 spiro atoms. The van der Waals surface area contributed by atoms with Crippen LogP contribution in [0.25, 0.3) is 0 Å². The van der Waals surface area contributed by atoms with Crippen molar-refractivity contribution in [2.24, 2.45) is 5.41 Å². The molecule has 0 aromatic carbocycles. The number of ether oxygens (including phenoxy) is 1. The Bertz CT molecular complexity index is 818. The summed E-state index contributed by atoms with van der Waals surface area (Å²) in [6.45, 7) is 7.78. The Morgan fingerprint density at radius 2 is 2.17 bits per heavy atom. The molecule has 0 amide bonds. The summed E-state index contributed by atoms with van der Waals surface area (Å²) >= 11 is 1.48. The first-order valence-corrected chi connectivity index (χ1v) is 11.4. The number of aromatic amines is 1. The quantitative estimate of drug-likeness (QED) is 0.362. The second-order valence-electron chi connectivity index (χ2n) is 8.47. The van der Waals surface area contributed by atoms with Crippen molar-refractivity contribution < 1.29 is 4.74 Å². The average Bonchev–Trinajstić information content (AvgIpc) is 3.16. The Morgan fingerprint density at radius 3 is 2.83 bits per heavy atom. The summed E-state index contributed by atoms with van der Waals surface area (Å²) in [6.07, 6.45) is 10.9. The van der Waals surface area contributed by atoms with Crippen LogP contribution in [-0.4, -0.2) is 51.2 Å². The maximum atomic E-state index is 8.39. The van der Waals surface area contributed by atoms with Gasteiger partial charge in [-0.2, -0.15) is 0 Å². The zero-order valence-corrected chi connectivity index (χ0v) is 18.2. The van der Waals surface area contributed by atoms with Crippen molar-refractivity contribution in [2.45, 2.75) is 56.5 Å². The molecule has 3 heterocycles. The van der Waals surface area contributed by atoms with Gasteiger partial charge in [-0.05, 0) is 64.1 Å². The Hall–Kier alpha value is -1.70. The first kappa shape index (κ1) is 20.6. The molecule has 2 aromatic rings. The number of aryl methyl sites for hydroxylation is 1. The van der Waals surface area contributed by atoms with E-state index in [2.05, 4.69) is 45.1 Å². The van der Waals surface area contributed by atoms with E-state index in [0.717, 1.165) is 56.3 Å². The molecule has 2 aliphatic rings. The molecular formula is C22H31N5OS. The molecule has 4 rings (SSSR count). The summed E-state index contributed by atoms with van der Waals surface area (Å²) < 4.78 is 5.93. The summed E-state index contributed by atoms with van der Waals surface area (Å²) in [5, 5.41) is 10.0. The lowest BCUT2D eigenvalue weighted by molar-refractivity contribution is 0.0454. The summed E-state index contributed by atoms with van der Waals surface area (Å²) in [4.78, 5) is 14.3. The fraction of sp³-hybridized carbons (Fsp3) is 0.591. The van der Waals surface area contributed by atoms with Crippen molar-refractivity contribution in [3.8, 4) is 0 Å². The van der Waals surface area contributed by atoms with Gasteiger partial charge >= 0.3 is 0 Å². The van der Waals surface area contributed by atoms with Gasteiger partial charge in [-0.25, -0.2) is 4.98 Å². The van der Waals surface area contributed by atoms with Gasteiger partial charge in [0.05, 0.1) is 29.2 Å². The van der Waals surface area contributed by atoms with Crippen LogP contribution in [0.5, 0.6) is 0 Å². The molecule has 2 fully saturated rings. The summed E-state index contributed by atoms with van der Waals surface area (Å²) in [5.74, 6) is 0. The normalized spacial score (nSPS) is 23.4. The first-order valence-electron chi connectivity index (χ1n) is 10.5. The highest BCUT2D eigenvalue weighted by atomic mass is 32.2. The van der Waals surface area contributed by atoms with Crippen molar-refractivity contribution in [3.05, 3.63) is 42.1 Å². The molecular weight excluding hydrogens is 382 g/mol. The number of imidazole rings is 1. The van der Waals surface area contributed by atoms with Crippen molar-refractivity contribution in [1.29, 1.82) is 5.41 Å². The molecule has 0 bridgehead atoms. The van der Waals surface area contributed by atoms with Gasteiger partial charge in [-0.15, -0.1) is 0 Å². The minimum Gasteiger partial charge on any atom is -0.381 e.